The van der Waals surface area contributed by atoms with Gasteiger partial charge in [-0.1, -0.05) is 53.1 Å². The maximum atomic E-state index is 6.16. The Morgan fingerprint density at radius 2 is 1.03 bits per heavy atom. The average Bonchev–Trinajstić information content (AvgIpc) is 2.75. The van der Waals surface area contributed by atoms with Crippen molar-refractivity contribution in [1.29, 1.82) is 0 Å². The molecule has 1 fully saturated rings. The highest BCUT2D eigenvalue weighted by Crippen LogP contribution is 2.58. The van der Waals surface area contributed by atoms with Crippen molar-refractivity contribution < 1.29 is 4.74 Å². The van der Waals surface area contributed by atoms with Crippen molar-refractivity contribution in [2.75, 3.05) is 6.61 Å². The Labute approximate surface area is 175 Å². The van der Waals surface area contributed by atoms with Gasteiger partial charge in [-0.25, -0.2) is 0 Å². The Hall–Kier alpha value is -2.37. The van der Waals surface area contributed by atoms with Crippen LogP contribution in [0.5, 0.6) is 0 Å². The summed E-state index contributed by atoms with van der Waals surface area (Å²) in [7, 11) is -1.97. The predicted octanol–water partition coefficient (Wildman–Crippen LogP) is 5.95. The molecule has 4 rings (SSSR count). The standard InChI is InChI=1S/C27H30OP/c1-21-7-13-25(14-8-21)29(20-24-6-4-5-19-28-24,26-15-9-22(2)10-16-26)27-17-11-23(3)12-18-27/h7-18,20H,4-6,19H2,1-3H3/q+1/b24-20-. The first-order valence-electron chi connectivity index (χ1n) is 10.5. The van der Waals surface area contributed by atoms with E-state index < -0.39 is 7.26 Å². The molecule has 0 bridgehead atoms. The van der Waals surface area contributed by atoms with Crippen molar-refractivity contribution in [3.8, 4) is 0 Å². The fourth-order valence-electron chi connectivity index (χ4n) is 4.01. The zero-order valence-electron chi connectivity index (χ0n) is 17.7. The second-order valence-corrected chi connectivity index (χ2v) is 11.4. The Balaban J connectivity index is 2.01. The van der Waals surface area contributed by atoms with E-state index in [1.54, 1.807) is 0 Å². The first kappa shape index (κ1) is 19.9. The Morgan fingerprint density at radius 3 is 1.38 bits per heavy atom. The first-order valence-corrected chi connectivity index (χ1v) is 12.4. The molecule has 0 spiro atoms. The molecule has 148 valence electrons. The maximum Gasteiger partial charge on any atom is 0.140 e. The minimum atomic E-state index is -1.97. The smallest absolute Gasteiger partial charge is 0.140 e. The summed E-state index contributed by atoms with van der Waals surface area (Å²) in [5.74, 6) is 3.65. The van der Waals surface area contributed by atoms with Crippen molar-refractivity contribution >= 4 is 23.2 Å². The van der Waals surface area contributed by atoms with Crippen LogP contribution < -0.4 is 15.9 Å². The second-order valence-electron chi connectivity index (χ2n) is 8.13. The van der Waals surface area contributed by atoms with Gasteiger partial charge in [0, 0.05) is 6.42 Å². The van der Waals surface area contributed by atoms with Crippen LogP contribution in [-0.2, 0) is 4.74 Å². The van der Waals surface area contributed by atoms with Crippen molar-refractivity contribution in [3.63, 3.8) is 0 Å². The Kier molecular flexibility index (Phi) is 5.88. The van der Waals surface area contributed by atoms with E-state index in [4.69, 9.17) is 4.74 Å². The molecule has 1 aliphatic heterocycles. The normalized spacial score (nSPS) is 15.9. The number of rotatable bonds is 4. The van der Waals surface area contributed by atoms with Gasteiger partial charge in [-0.05, 0) is 70.0 Å². The van der Waals surface area contributed by atoms with Gasteiger partial charge in [-0.15, -0.1) is 0 Å². The number of benzene rings is 3. The molecule has 0 unspecified atom stereocenters. The molecule has 3 aromatic carbocycles. The van der Waals surface area contributed by atoms with Crippen LogP contribution in [0.4, 0.5) is 0 Å². The van der Waals surface area contributed by atoms with E-state index in [0.717, 1.165) is 25.2 Å². The van der Waals surface area contributed by atoms with Gasteiger partial charge in [0.05, 0.1) is 6.61 Å². The average molecular weight is 402 g/mol. The highest BCUT2D eigenvalue weighted by molar-refractivity contribution is 7.98. The van der Waals surface area contributed by atoms with Gasteiger partial charge < -0.3 is 4.74 Å². The van der Waals surface area contributed by atoms with Crippen LogP contribution in [0.2, 0.25) is 0 Å². The fraction of sp³-hybridized carbons (Fsp3) is 0.259. The number of aryl methyl sites for hydroxylation is 3. The molecule has 0 N–H and O–H groups in total. The molecule has 2 heteroatoms. The van der Waals surface area contributed by atoms with Crippen LogP contribution in [0.25, 0.3) is 0 Å². The lowest BCUT2D eigenvalue weighted by atomic mass is 10.2. The molecule has 1 heterocycles. The number of hydrogen-bond acceptors (Lipinski definition) is 1. The summed E-state index contributed by atoms with van der Waals surface area (Å²) >= 11 is 0. The molecule has 0 aliphatic carbocycles. The minimum Gasteiger partial charge on any atom is -0.494 e. The summed E-state index contributed by atoms with van der Waals surface area (Å²) in [5, 5.41) is 4.16. The van der Waals surface area contributed by atoms with E-state index >= 15 is 0 Å². The number of ether oxygens (including phenoxy) is 1. The maximum absolute atomic E-state index is 6.16. The summed E-state index contributed by atoms with van der Waals surface area (Å²) in [4.78, 5) is 0. The third-order valence-corrected chi connectivity index (χ3v) is 9.78. The predicted molar refractivity (Wildman–Crippen MR) is 127 cm³/mol. The van der Waals surface area contributed by atoms with E-state index in [0.29, 0.717) is 0 Å². The topological polar surface area (TPSA) is 9.23 Å². The molecule has 29 heavy (non-hydrogen) atoms. The molecule has 1 nitrogen and oxygen atoms in total. The fourth-order valence-corrected chi connectivity index (χ4v) is 7.84. The van der Waals surface area contributed by atoms with Crippen LogP contribution in [-0.4, -0.2) is 6.61 Å². The highest BCUT2D eigenvalue weighted by atomic mass is 31.2. The third-order valence-electron chi connectivity index (χ3n) is 5.77. The molecular formula is C27H30OP+. The largest absolute Gasteiger partial charge is 0.494 e. The Morgan fingerprint density at radius 1 is 0.621 bits per heavy atom. The minimum absolute atomic E-state index is 0.835. The van der Waals surface area contributed by atoms with Crippen LogP contribution in [0.1, 0.15) is 36.0 Å². The SMILES string of the molecule is Cc1ccc([P+](/C=C2/CCCCO2)(c2ccc(C)cc2)c2ccc(C)cc2)cc1. The molecule has 0 amide bonds. The van der Waals surface area contributed by atoms with Crippen molar-refractivity contribution in [1.82, 2.24) is 0 Å². The zero-order valence-corrected chi connectivity index (χ0v) is 18.6. The van der Waals surface area contributed by atoms with E-state index in [1.165, 1.54) is 39.0 Å². The quantitative estimate of drug-likeness (QED) is 0.491. The van der Waals surface area contributed by atoms with Crippen molar-refractivity contribution in [2.45, 2.75) is 40.0 Å². The molecular weight excluding hydrogens is 371 g/mol. The molecule has 0 aromatic heterocycles. The highest BCUT2D eigenvalue weighted by Gasteiger charge is 2.44. The van der Waals surface area contributed by atoms with Gasteiger partial charge in [-0.2, -0.15) is 0 Å². The number of allylic oxidation sites excluding steroid dienone is 1. The molecule has 3 aromatic rings. The summed E-state index contributed by atoms with van der Waals surface area (Å²) in [5.41, 5.74) is 3.88. The summed E-state index contributed by atoms with van der Waals surface area (Å²) in [6.07, 6.45) is 3.40. The van der Waals surface area contributed by atoms with Gasteiger partial charge in [-0.3, -0.25) is 0 Å². The van der Waals surface area contributed by atoms with Crippen molar-refractivity contribution in [2.24, 2.45) is 0 Å². The van der Waals surface area contributed by atoms with E-state index in [9.17, 15) is 0 Å². The monoisotopic (exact) mass is 401 g/mol. The zero-order chi connectivity index (χ0) is 20.3. The lowest BCUT2D eigenvalue weighted by Crippen LogP contribution is -2.30. The van der Waals surface area contributed by atoms with Gasteiger partial charge in [0.1, 0.15) is 34.8 Å². The third kappa shape index (κ3) is 4.16. The molecule has 1 aliphatic rings. The molecule has 0 atom stereocenters. The van der Waals surface area contributed by atoms with Crippen LogP contribution >= 0.6 is 7.26 Å². The van der Waals surface area contributed by atoms with E-state index in [-0.39, 0.29) is 0 Å². The number of hydrogen-bond donors (Lipinski definition) is 0. The van der Waals surface area contributed by atoms with Crippen LogP contribution in [0, 0.1) is 20.8 Å². The molecule has 0 saturated carbocycles. The Bertz CT molecular complexity index is 863. The summed E-state index contributed by atoms with van der Waals surface area (Å²) < 4.78 is 6.16. The summed E-state index contributed by atoms with van der Waals surface area (Å²) in [6, 6.07) is 27.4. The van der Waals surface area contributed by atoms with E-state index in [2.05, 4.69) is 99.4 Å². The summed E-state index contributed by atoms with van der Waals surface area (Å²) in [6.45, 7) is 7.31. The van der Waals surface area contributed by atoms with Crippen LogP contribution in [0.3, 0.4) is 0 Å². The molecule has 1 saturated heterocycles. The van der Waals surface area contributed by atoms with Gasteiger partial charge in [0.15, 0.2) is 0 Å². The van der Waals surface area contributed by atoms with Gasteiger partial charge >= 0.3 is 0 Å². The lowest BCUT2D eigenvalue weighted by molar-refractivity contribution is 0.167. The first-order chi connectivity index (χ1) is 14.1. The van der Waals surface area contributed by atoms with Crippen LogP contribution in [0.15, 0.2) is 84.4 Å². The van der Waals surface area contributed by atoms with Gasteiger partial charge in [0.25, 0.3) is 0 Å². The van der Waals surface area contributed by atoms with E-state index in [1.807, 2.05) is 0 Å². The van der Waals surface area contributed by atoms with Crippen molar-refractivity contribution in [3.05, 3.63) is 101 Å². The molecule has 0 radical (unpaired) electrons. The lowest BCUT2D eigenvalue weighted by Gasteiger charge is -2.26. The van der Waals surface area contributed by atoms with Gasteiger partial charge in [0.2, 0.25) is 0 Å². The second kappa shape index (κ2) is 8.56.